The van der Waals surface area contributed by atoms with Crippen LogP contribution < -0.4 is 0 Å². The normalized spacial score (nSPS) is 17.5. The van der Waals surface area contributed by atoms with Gasteiger partial charge in [-0.3, -0.25) is 9.80 Å². The van der Waals surface area contributed by atoms with Crippen LogP contribution in [0.2, 0.25) is 0 Å². The van der Waals surface area contributed by atoms with E-state index in [2.05, 4.69) is 70.5 Å². The minimum Gasteiger partial charge on any atom is -0.389 e. The highest BCUT2D eigenvalue weighted by atomic mass is 16.5. The molecule has 146 valence electrons. The number of piperazine rings is 1. The molecule has 1 aliphatic rings. The van der Waals surface area contributed by atoms with Crippen LogP contribution in [0.3, 0.4) is 0 Å². The molecule has 0 aromatic heterocycles. The highest BCUT2D eigenvalue weighted by Crippen LogP contribution is 2.29. The number of aliphatic hydroxyl groups excluding tert-OH is 1. The summed E-state index contributed by atoms with van der Waals surface area (Å²) < 4.78 is 5.53. The zero-order valence-corrected chi connectivity index (χ0v) is 16.5. The SMILES string of the molecule is CC(C)OC[C@@H](O)CN1CCN(C(c2ccccc2)c2ccccc2)CC1. The predicted octanol–water partition coefficient (Wildman–Crippen LogP) is 3.18. The maximum Gasteiger partial charge on any atom is 0.0900 e. The Morgan fingerprint density at radius 1 is 0.852 bits per heavy atom. The number of β-amino-alcohol motifs (C(OH)–C–C–N with tert-alkyl or cyclic N) is 1. The molecule has 0 unspecified atom stereocenters. The molecule has 1 aliphatic heterocycles. The molecule has 1 heterocycles. The van der Waals surface area contributed by atoms with Crippen LogP contribution >= 0.6 is 0 Å². The van der Waals surface area contributed by atoms with Gasteiger partial charge in [0, 0.05) is 32.7 Å². The Bertz CT molecular complexity index is 615. The van der Waals surface area contributed by atoms with Crippen molar-refractivity contribution in [3.63, 3.8) is 0 Å². The van der Waals surface area contributed by atoms with E-state index in [0.29, 0.717) is 13.2 Å². The third kappa shape index (κ3) is 5.88. The summed E-state index contributed by atoms with van der Waals surface area (Å²) in [6.07, 6.45) is -0.257. The van der Waals surface area contributed by atoms with Crippen molar-refractivity contribution in [1.29, 1.82) is 0 Å². The molecule has 27 heavy (non-hydrogen) atoms. The minimum absolute atomic E-state index is 0.161. The average molecular weight is 369 g/mol. The van der Waals surface area contributed by atoms with E-state index in [-0.39, 0.29) is 12.1 Å². The Morgan fingerprint density at radius 3 is 1.85 bits per heavy atom. The molecule has 0 amide bonds. The first kappa shape index (κ1) is 20.0. The molecular formula is C23H32N2O2. The molecule has 3 rings (SSSR count). The summed E-state index contributed by atoms with van der Waals surface area (Å²) in [5, 5.41) is 10.2. The Labute approximate surface area is 163 Å². The topological polar surface area (TPSA) is 35.9 Å². The molecule has 4 heteroatoms. The average Bonchev–Trinajstić information content (AvgIpc) is 2.70. The third-order valence-corrected chi connectivity index (χ3v) is 5.09. The number of hydrogen-bond donors (Lipinski definition) is 1. The Morgan fingerprint density at radius 2 is 1.37 bits per heavy atom. The predicted molar refractivity (Wildman–Crippen MR) is 110 cm³/mol. The minimum atomic E-state index is -0.419. The molecule has 2 aromatic carbocycles. The molecule has 0 spiro atoms. The quantitative estimate of drug-likeness (QED) is 0.776. The fraction of sp³-hybridized carbons (Fsp3) is 0.478. The fourth-order valence-electron chi connectivity index (χ4n) is 3.74. The van der Waals surface area contributed by atoms with Gasteiger partial charge >= 0.3 is 0 Å². The van der Waals surface area contributed by atoms with E-state index in [9.17, 15) is 5.11 Å². The number of nitrogens with zero attached hydrogens (tertiary/aromatic N) is 2. The van der Waals surface area contributed by atoms with Crippen LogP contribution in [-0.4, -0.2) is 66.4 Å². The highest BCUT2D eigenvalue weighted by molar-refractivity contribution is 5.31. The van der Waals surface area contributed by atoms with E-state index in [1.165, 1.54) is 11.1 Å². The second kappa shape index (κ2) is 10.00. The van der Waals surface area contributed by atoms with Gasteiger partial charge in [-0.15, -0.1) is 0 Å². The van der Waals surface area contributed by atoms with Gasteiger partial charge in [0.2, 0.25) is 0 Å². The molecule has 0 saturated carbocycles. The number of aliphatic hydroxyl groups is 1. The van der Waals surface area contributed by atoms with E-state index in [1.807, 2.05) is 13.8 Å². The summed E-state index contributed by atoms with van der Waals surface area (Å²) in [5.41, 5.74) is 2.67. The maximum absolute atomic E-state index is 10.2. The van der Waals surface area contributed by atoms with Gasteiger partial charge in [-0.1, -0.05) is 60.7 Å². The summed E-state index contributed by atoms with van der Waals surface area (Å²) in [6, 6.07) is 21.8. The largest absolute Gasteiger partial charge is 0.389 e. The molecule has 0 radical (unpaired) electrons. The molecule has 0 aliphatic carbocycles. The Balaban J connectivity index is 1.62. The first-order valence-electron chi connectivity index (χ1n) is 9.99. The van der Waals surface area contributed by atoms with E-state index < -0.39 is 6.10 Å². The van der Waals surface area contributed by atoms with Gasteiger partial charge in [0.1, 0.15) is 0 Å². The molecular weight excluding hydrogens is 336 g/mol. The molecule has 1 fully saturated rings. The second-order valence-corrected chi connectivity index (χ2v) is 7.60. The molecule has 0 bridgehead atoms. The van der Waals surface area contributed by atoms with E-state index in [4.69, 9.17) is 4.74 Å². The van der Waals surface area contributed by atoms with E-state index >= 15 is 0 Å². The lowest BCUT2D eigenvalue weighted by Crippen LogP contribution is -2.50. The summed E-state index contributed by atoms with van der Waals surface area (Å²) in [7, 11) is 0. The lowest BCUT2D eigenvalue weighted by atomic mass is 9.96. The summed E-state index contributed by atoms with van der Waals surface area (Å²) >= 11 is 0. The standard InChI is InChI=1S/C23H32N2O2/c1-19(2)27-18-22(26)17-24-13-15-25(16-14-24)23(20-9-5-3-6-10-20)21-11-7-4-8-12-21/h3-12,19,22-23,26H,13-18H2,1-2H3/t22-/m0/s1. The van der Waals surface area contributed by atoms with Crippen molar-refractivity contribution in [2.75, 3.05) is 39.3 Å². The molecule has 1 atom stereocenters. The Kier molecular flexibility index (Phi) is 7.41. The van der Waals surface area contributed by atoms with Crippen LogP contribution in [0.5, 0.6) is 0 Å². The van der Waals surface area contributed by atoms with Crippen LogP contribution in [0, 0.1) is 0 Å². The highest BCUT2D eigenvalue weighted by Gasteiger charge is 2.27. The van der Waals surface area contributed by atoms with Gasteiger partial charge < -0.3 is 9.84 Å². The zero-order chi connectivity index (χ0) is 19.1. The summed E-state index contributed by atoms with van der Waals surface area (Å²) in [6.45, 7) is 9.01. The van der Waals surface area contributed by atoms with Crippen LogP contribution in [0.4, 0.5) is 0 Å². The van der Waals surface area contributed by atoms with Crippen LogP contribution in [-0.2, 0) is 4.74 Å². The first-order valence-corrected chi connectivity index (χ1v) is 9.99. The number of ether oxygens (including phenoxy) is 1. The lowest BCUT2D eigenvalue weighted by molar-refractivity contribution is -0.0159. The van der Waals surface area contributed by atoms with Gasteiger partial charge in [0.25, 0.3) is 0 Å². The lowest BCUT2D eigenvalue weighted by Gasteiger charge is -2.40. The fourth-order valence-corrected chi connectivity index (χ4v) is 3.74. The van der Waals surface area contributed by atoms with Crippen LogP contribution in [0.15, 0.2) is 60.7 Å². The smallest absolute Gasteiger partial charge is 0.0900 e. The summed E-state index contributed by atoms with van der Waals surface area (Å²) in [4.78, 5) is 4.90. The monoisotopic (exact) mass is 368 g/mol. The van der Waals surface area contributed by atoms with Crippen molar-refractivity contribution in [2.24, 2.45) is 0 Å². The zero-order valence-electron chi connectivity index (χ0n) is 16.5. The van der Waals surface area contributed by atoms with Gasteiger partial charge in [-0.2, -0.15) is 0 Å². The van der Waals surface area contributed by atoms with Gasteiger partial charge in [0.15, 0.2) is 0 Å². The summed E-state index contributed by atoms with van der Waals surface area (Å²) in [5.74, 6) is 0. The van der Waals surface area contributed by atoms with E-state index in [1.54, 1.807) is 0 Å². The van der Waals surface area contributed by atoms with Crippen molar-refractivity contribution in [3.05, 3.63) is 71.8 Å². The maximum atomic E-state index is 10.2. The molecule has 1 N–H and O–H groups in total. The Hall–Kier alpha value is -1.72. The van der Waals surface area contributed by atoms with Crippen molar-refractivity contribution in [3.8, 4) is 0 Å². The van der Waals surface area contributed by atoms with Crippen molar-refractivity contribution in [1.82, 2.24) is 9.80 Å². The van der Waals surface area contributed by atoms with Gasteiger partial charge in [0.05, 0.1) is 24.9 Å². The van der Waals surface area contributed by atoms with Gasteiger partial charge in [-0.05, 0) is 25.0 Å². The molecule has 1 saturated heterocycles. The first-order chi connectivity index (χ1) is 13.1. The molecule has 4 nitrogen and oxygen atoms in total. The van der Waals surface area contributed by atoms with Crippen molar-refractivity contribution >= 4 is 0 Å². The third-order valence-electron chi connectivity index (χ3n) is 5.09. The number of rotatable bonds is 8. The van der Waals surface area contributed by atoms with Gasteiger partial charge in [-0.25, -0.2) is 0 Å². The van der Waals surface area contributed by atoms with E-state index in [0.717, 1.165) is 26.2 Å². The van der Waals surface area contributed by atoms with Crippen molar-refractivity contribution in [2.45, 2.75) is 32.1 Å². The number of hydrogen-bond acceptors (Lipinski definition) is 4. The van der Waals surface area contributed by atoms with Crippen LogP contribution in [0.25, 0.3) is 0 Å². The van der Waals surface area contributed by atoms with Crippen LogP contribution in [0.1, 0.15) is 31.0 Å². The van der Waals surface area contributed by atoms with Crippen molar-refractivity contribution < 1.29 is 9.84 Å². The number of benzene rings is 2. The second-order valence-electron chi connectivity index (χ2n) is 7.60. The molecule has 2 aromatic rings.